The molecule has 6 nitrogen and oxygen atoms in total. The van der Waals surface area contributed by atoms with Gasteiger partial charge in [0.15, 0.2) is 0 Å². The van der Waals surface area contributed by atoms with Crippen LogP contribution in [-0.2, 0) is 11.3 Å². The van der Waals surface area contributed by atoms with Gasteiger partial charge in [0.1, 0.15) is 5.76 Å². The van der Waals surface area contributed by atoms with Crippen molar-refractivity contribution in [2.24, 2.45) is 0 Å². The number of amides is 1. The topological polar surface area (TPSA) is 71.3 Å². The van der Waals surface area contributed by atoms with Crippen LogP contribution in [0.4, 0.5) is 0 Å². The zero-order valence-corrected chi connectivity index (χ0v) is 13.0. The first-order chi connectivity index (χ1) is 10.6. The number of aryl methyl sites for hydroxylation is 2. The molecule has 2 aromatic heterocycles. The average Bonchev–Trinajstić information content (AvgIpc) is 2.98. The zero-order valence-electron chi connectivity index (χ0n) is 13.0. The molecular formula is C16H20N4O2. The van der Waals surface area contributed by atoms with E-state index in [-0.39, 0.29) is 18.0 Å². The van der Waals surface area contributed by atoms with Crippen LogP contribution in [0.15, 0.2) is 28.9 Å². The Hall–Kier alpha value is -2.21. The van der Waals surface area contributed by atoms with Crippen molar-refractivity contribution in [3.05, 3.63) is 47.4 Å². The lowest BCUT2D eigenvalue weighted by atomic mass is 10.0. The van der Waals surface area contributed by atoms with Crippen LogP contribution in [0.1, 0.15) is 35.4 Å². The number of oxazole rings is 1. The molecule has 2 atom stereocenters. The Labute approximate surface area is 129 Å². The molecule has 0 bridgehead atoms. The highest BCUT2D eigenvalue weighted by Gasteiger charge is 2.38. The van der Waals surface area contributed by atoms with Crippen molar-refractivity contribution in [3.8, 4) is 0 Å². The minimum absolute atomic E-state index is 0.0154. The van der Waals surface area contributed by atoms with E-state index >= 15 is 0 Å². The summed E-state index contributed by atoms with van der Waals surface area (Å²) in [5, 5.41) is 3.40. The van der Waals surface area contributed by atoms with Crippen molar-refractivity contribution < 1.29 is 9.21 Å². The van der Waals surface area contributed by atoms with E-state index in [1.807, 2.05) is 39.2 Å². The van der Waals surface area contributed by atoms with E-state index in [1.165, 1.54) is 0 Å². The van der Waals surface area contributed by atoms with E-state index in [1.54, 1.807) is 11.1 Å². The van der Waals surface area contributed by atoms with Crippen LogP contribution in [0.3, 0.4) is 0 Å². The fraction of sp³-hybridized carbons (Fsp3) is 0.438. The van der Waals surface area contributed by atoms with Crippen molar-refractivity contribution in [1.82, 2.24) is 20.2 Å². The molecule has 3 heterocycles. The number of rotatable bonds is 4. The van der Waals surface area contributed by atoms with Gasteiger partial charge in [-0.3, -0.25) is 9.78 Å². The predicted molar refractivity (Wildman–Crippen MR) is 81.0 cm³/mol. The minimum atomic E-state index is -0.0154. The third-order valence-corrected chi connectivity index (χ3v) is 4.20. The van der Waals surface area contributed by atoms with Gasteiger partial charge >= 0.3 is 0 Å². The largest absolute Gasteiger partial charge is 0.444 e. The van der Waals surface area contributed by atoms with Gasteiger partial charge in [-0.2, -0.15) is 0 Å². The Bertz CT molecular complexity index is 649. The summed E-state index contributed by atoms with van der Waals surface area (Å²) >= 11 is 0. The van der Waals surface area contributed by atoms with Gasteiger partial charge in [-0.05, 0) is 25.5 Å². The number of hydrogen-bond donors (Lipinski definition) is 1. The molecule has 1 saturated heterocycles. The summed E-state index contributed by atoms with van der Waals surface area (Å²) < 4.78 is 5.58. The second-order valence-electron chi connectivity index (χ2n) is 5.68. The summed E-state index contributed by atoms with van der Waals surface area (Å²) in [7, 11) is 1.83. The summed E-state index contributed by atoms with van der Waals surface area (Å²) in [6.07, 6.45) is 4.02. The molecule has 0 radical (unpaired) electrons. The van der Waals surface area contributed by atoms with Gasteiger partial charge < -0.3 is 14.6 Å². The average molecular weight is 300 g/mol. The molecule has 1 aliphatic rings. The quantitative estimate of drug-likeness (QED) is 0.931. The molecule has 6 heteroatoms. The number of pyridine rings is 1. The number of aromatic nitrogens is 2. The van der Waals surface area contributed by atoms with Crippen molar-refractivity contribution in [1.29, 1.82) is 0 Å². The Kier molecular flexibility index (Phi) is 3.94. The number of carbonyl (C=O) groups excluding carboxylic acids is 1. The molecule has 3 rings (SSSR count). The van der Waals surface area contributed by atoms with Gasteiger partial charge in [0.25, 0.3) is 0 Å². The van der Waals surface area contributed by atoms with E-state index in [4.69, 9.17) is 4.42 Å². The summed E-state index contributed by atoms with van der Waals surface area (Å²) in [6, 6.07) is 3.90. The number of likely N-dealkylation sites (N-methyl/N-ethyl adjacent to an activating group) is 1. The van der Waals surface area contributed by atoms with Crippen LogP contribution in [0, 0.1) is 13.8 Å². The first-order valence-corrected chi connectivity index (χ1v) is 7.38. The fourth-order valence-corrected chi connectivity index (χ4v) is 2.89. The van der Waals surface area contributed by atoms with Crippen LogP contribution >= 0.6 is 0 Å². The summed E-state index contributed by atoms with van der Waals surface area (Å²) in [4.78, 5) is 22.4. The number of nitrogens with zero attached hydrogens (tertiary/aromatic N) is 3. The molecule has 1 aliphatic heterocycles. The number of hydrogen-bond acceptors (Lipinski definition) is 5. The standard InChI is InChI=1S/C16H20N4O2/c1-10-11(2)22-14(19-10)9-18-13-7-15(21)20(3)16(13)12-5-4-6-17-8-12/h4-6,8,13,16,18H,7,9H2,1-3H3/t13-,16+/m1/s1. The molecule has 0 saturated carbocycles. The zero-order chi connectivity index (χ0) is 15.7. The Morgan fingerprint density at radius 2 is 2.27 bits per heavy atom. The highest BCUT2D eigenvalue weighted by Crippen LogP contribution is 2.31. The van der Waals surface area contributed by atoms with Crippen LogP contribution in [0.2, 0.25) is 0 Å². The lowest BCUT2D eigenvalue weighted by Gasteiger charge is -2.25. The normalized spacial score (nSPS) is 21.6. The van der Waals surface area contributed by atoms with Gasteiger partial charge in [-0.25, -0.2) is 4.98 Å². The molecule has 0 aliphatic carbocycles. The highest BCUT2D eigenvalue weighted by atomic mass is 16.4. The van der Waals surface area contributed by atoms with Crippen molar-refractivity contribution in [3.63, 3.8) is 0 Å². The molecule has 1 N–H and O–H groups in total. The third kappa shape index (κ3) is 2.74. The lowest BCUT2D eigenvalue weighted by molar-refractivity contribution is -0.127. The summed E-state index contributed by atoms with van der Waals surface area (Å²) in [5.41, 5.74) is 1.94. The first kappa shape index (κ1) is 14.7. The SMILES string of the molecule is Cc1nc(CN[C@@H]2CC(=O)N(C)[C@H]2c2cccnc2)oc1C. The smallest absolute Gasteiger partial charge is 0.224 e. The lowest BCUT2D eigenvalue weighted by Crippen LogP contribution is -2.34. The minimum Gasteiger partial charge on any atom is -0.444 e. The van der Waals surface area contributed by atoms with E-state index in [0.717, 1.165) is 17.0 Å². The second-order valence-corrected chi connectivity index (χ2v) is 5.68. The molecule has 0 unspecified atom stereocenters. The van der Waals surface area contributed by atoms with Crippen molar-refractivity contribution in [2.75, 3.05) is 7.05 Å². The van der Waals surface area contributed by atoms with Gasteiger partial charge in [-0.1, -0.05) is 6.07 Å². The van der Waals surface area contributed by atoms with Crippen LogP contribution in [0.25, 0.3) is 0 Å². The molecule has 2 aromatic rings. The molecule has 0 spiro atoms. The first-order valence-electron chi connectivity index (χ1n) is 7.38. The summed E-state index contributed by atoms with van der Waals surface area (Å²) in [5.74, 6) is 1.62. The second kappa shape index (κ2) is 5.88. The molecular weight excluding hydrogens is 280 g/mol. The molecule has 22 heavy (non-hydrogen) atoms. The monoisotopic (exact) mass is 300 g/mol. The van der Waals surface area contributed by atoms with E-state index in [2.05, 4.69) is 15.3 Å². The van der Waals surface area contributed by atoms with Crippen molar-refractivity contribution in [2.45, 2.75) is 38.9 Å². The van der Waals surface area contributed by atoms with E-state index < -0.39 is 0 Å². The van der Waals surface area contributed by atoms with E-state index in [9.17, 15) is 4.79 Å². The van der Waals surface area contributed by atoms with Crippen LogP contribution < -0.4 is 5.32 Å². The molecule has 0 aromatic carbocycles. The van der Waals surface area contributed by atoms with Gasteiger partial charge in [0, 0.05) is 31.9 Å². The Morgan fingerprint density at radius 1 is 1.45 bits per heavy atom. The van der Waals surface area contributed by atoms with E-state index in [0.29, 0.717) is 18.9 Å². The molecule has 116 valence electrons. The number of carbonyl (C=O) groups is 1. The van der Waals surface area contributed by atoms with Crippen LogP contribution in [-0.4, -0.2) is 33.9 Å². The fourth-order valence-electron chi connectivity index (χ4n) is 2.89. The molecule has 1 amide bonds. The number of nitrogens with one attached hydrogen (secondary N) is 1. The Balaban J connectivity index is 1.75. The third-order valence-electron chi connectivity index (χ3n) is 4.20. The van der Waals surface area contributed by atoms with Gasteiger partial charge in [0.2, 0.25) is 11.8 Å². The maximum Gasteiger partial charge on any atom is 0.224 e. The van der Waals surface area contributed by atoms with Crippen molar-refractivity contribution >= 4 is 5.91 Å². The molecule has 1 fully saturated rings. The Morgan fingerprint density at radius 3 is 2.91 bits per heavy atom. The number of likely N-dealkylation sites (tertiary alicyclic amines) is 1. The highest BCUT2D eigenvalue weighted by molar-refractivity contribution is 5.80. The van der Waals surface area contributed by atoms with Crippen LogP contribution in [0.5, 0.6) is 0 Å². The predicted octanol–water partition coefficient (Wildman–Crippen LogP) is 1.75. The maximum absolute atomic E-state index is 12.1. The maximum atomic E-state index is 12.1. The van der Waals surface area contributed by atoms with Gasteiger partial charge in [-0.15, -0.1) is 0 Å². The summed E-state index contributed by atoms with van der Waals surface area (Å²) in [6.45, 7) is 4.34. The van der Waals surface area contributed by atoms with Gasteiger partial charge in [0.05, 0.1) is 18.3 Å².